The lowest BCUT2D eigenvalue weighted by Crippen LogP contribution is -1.83. The first-order chi connectivity index (χ1) is 5.79. The van der Waals surface area contributed by atoms with Crippen molar-refractivity contribution >= 4 is 34.9 Å². The molecule has 0 fully saturated rings. The van der Waals surface area contributed by atoms with Crippen molar-refractivity contribution in [3.8, 4) is 0 Å². The predicted octanol–water partition coefficient (Wildman–Crippen LogP) is 3.49. The first-order valence-electron chi connectivity index (χ1n) is 3.72. The Bertz CT molecular complexity index is 266. The summed E-state index contributed by atoms with van der Waals surface area (Å²) in [5.74, 6) is 1.61. The molecule has 1 aromatic rings. The van der Waals surface area contributed by atoms with E-state index in [0.717, 1.165) is 11.9 Å². The van der Waals surface area contributed by atoms with Gasteiger partial charge in [-0.05, 0) is 13.8 Å². The molecule has 2 heterocycles. The molecule has 0 aliphatic carbocycles. The summed E-state index contributed by atoms with van der Waals surface area (Å²) >= 11 is 5.55. The standard InChI is InChI=1S/C8H10OS3/c1-5-7-8(6(2)12-5)11-4-9-3-10-7/h3-4H2,1-2H3. The van der Waals surface area contributed by atoms with Crippen molar-refractivity contribution in [2.45, 2.75) is 23.6 Å². The molecular weight excluding hydrogens is 208 g/mol. The molecule has 1 aromatic heterocycles. The van der Waals surface area contributed by atoms with E-state index in [2.05, 4.69) is 13.8 Å². The molecule has 0 radical (unpaired) electrons. The summed E-state index contributed by atoms with van der Waals surface area (Å²) < 4.78 is 5.38. The van der Waals surface area contributed by atoms with Crippen molar-refractivity contribution in [2.24, 2.45) is 0 Å². The largest absolute Gasteiger partial charge is 0.360 e. The van der Waals surface area contributed by atoms with Gasteiger partial charge in [0.2, 0.25) is 0 Å². The van der Waals surface area contributed by atoms with Crippen LogP contribution < -0.4 is 0 Å². The molecule has 0 amide bonds. The van der Waals surface area contributed by atoms with E-state index in [0.29, 0.717) is 0 Å². The van der Waals surface area contributed by atoms with E-state index in [4.69, 9.17) is 4.74 Å². The maximum absolute atomic E-state index is 5.38. The fourth-order valence-electron chi connectivity index (χ4n) is 1.21. The number of fused-ring (bicyclic) bond motifs is 1. The molecule has 1 aliphatic heterocycles. The Balaban J connectivity index is 2.44. The summed E-state index contributed by atoms with van der Waals surface area (Å²) in [6.45, 7) is 4.38. The van der Waals surface area contributed by atoms with E-state index >= 15 is 0 Å². The van der Waals surface area contributed by atoms with Gasteiger partial charge in [0.25, 0.3) is 0 Å². The van der Waals surface area contributed by atoms with Crippen molar-refractivity contribution in [3.05, 3.63) is 9.75 Å². The minimum Gasteiger partial charge on any atom is -0.360 e. The molecule has 0 spiro atoms. The number of ether oxygens (including phenoxy) is 1. The first kappa shape index (κ1) is 8.94. The van der Waals surface area contributed by atoms with Gasteiger partial charge in [0, 0.05) is 19.5 Å². The second-order valence-corrected chi connectivity index (χ2v) is 5.90. The van der Waals surface area contributed by atoms with Crippen LogP contribution in [0.2, 0.25) is 0 Å². The smallest absolute Gasteiger partial charge is 0.0979 e. The maximum Gasteiger partial charge on any atom is 0.0979 e. The Hall–Kier alpha value is 0.360. The quantitative estimate of drug-likeness (QED) is 0.659. The van der Waals surface area contributed by atoms with Gasteiger partial charge >= 0.3 is 0 Å². The normalized spacial score (nSPS) is 17.2. The van der Waals surface area contributed by atoms with Crippen LogP contribution in [0, 0.1) is 13.8 Å². The number of rotatable bonds is 0. The highest BCUT2D eigenvalue weighted by molar-refractivity contribution is 8.03. The van der Waals surface area contributed by atoms with Crippen molar-refractivity contribution in [1.82, 2.24) is 0 Å². The van der Waals surface area contributed by atoms with Gasteiger partial charge in [-0.15, -0.1) is 11.3 Å². The third-order valence-corrected chi connectivity index (χ3v) is 5.30. The maximum atomic E-state index is 5.38. The third-order valence-electron chi connectivity index (χ3n) is 1.73. The molecule has 0 bridgehead atoms. The molecule has 2 rings (SSSR count). The van der Waals surface area contributed by atoms with E-state index in [9.17, 15) is 0 Å². The van der Waals surface area contributed by atoms with Crippen molar-refractivity contribution < 1.29 is 4.74 Å². The Labute approximate surface area is 84.9 Å². The van der Waals surface area contributed by atoms with Crippen molar-refractivity contribution in [2.75, 3.05) is 11.9 Å². The molecule has 1 nitrogen and oxygen atoms in total. The van der Waals surface area contributed by atoms with Gasteiger partial charge in [-0.2, -0.15) is 0 Å². The SMILES string of the molecule is Cc1sc(C)c2c1SCOCS2. The lowest BCUT2D eigenvalue weighted by molar-refractivity contribution is 0.241. The fraction of sp³-hybridized carbons (Fsp3) is 0.500. The summed E-state index contributed by atoms with van der Waals surface area (Å²) in [4.78, 5) is 5.76. The van der Waals surface area contributed by atoms with Crippen LogP contribution >= 0.6 is 34.9 Å². The molecular formula is C8H10OS3. The summed E-state index contributed by atoms with van der Waals surface area (Å²) in [7, 11) is 0. The molecule has 66 valence electrons. The second-order valence-electron chi connectivity index (χ2n) is 2.60. The average molecular weight is 218 g/mol. The van der Waals surface area contributed by atoms with E-state index in [1.807, 2.05) is 34.9 Å². The molecule has 0 unspecified atom stereocenters. The summed E-state index contributed by atoms with van der Waals surface area (Å²) in [5.41, 5.74) is 0. The van der Waals surface area contributed by atoms with Crippen LogP contribution in [0.15, 0.2) is 9.79 Å². The third kappa shape index (κ3) is 1.53. The van der Waals surface area contributed by atoms with E-state index in [1.165, 1.54) is 19.5 Å². The molecule has 0 aromatic carbocycles. The Morgan fingerprint density at radius 2 is 1.50 bits per heavy atom. The number of hydrogen-bond acceptors (Lipinski definition) is 4. The number of thioether (sulfide) groups is 2. The van der Waals surface area contributed by atoms with E-state index in [1.54, 1.807) is 0 Å². The number of aryl methyl sites for hydroxylation is 2. The molecule has 0 atom stereocenters. The molecule has 0 saturated carbocycles. The van der Waals surface area contributed by atoms with Crippen LogP contribution in [0.5, 0.6) is 0 Å². The van der Waals surface area contributed by atoms with Gasteiger partial charge in [-0.3, -0.25) is 0 Å². The van der Waals surface area contributed by atoms with Gasteiger partial charge < -0.3 is 4.74 Å². The van der Waals surface area contributed by atoms with Gasteiger partial charge in [-0.25, -0.2) is 0 Å². The Morgan fingerprint density at radius 3 is 2.00 bits per heavy atom. The Kier molecular flexibility index (Phi) is 2.69. The topological polar surface area (TPSA) is 9.23 Å². The highest BCUT2D eigenvalue weighted by atomic mass is 32.2. The molecule has 0 saturated heterocycles. The second kappa shape index (κ2) is 3.62. The highest BCUT2D eigenvalue weighted by Gasteiger charge is 2.16. The average Bonchev–Trinajstić information content (AvgIpc) is 2.29. The zero-order chi connectivity index (χ0) is 8.55. The highest BCUT2D eigenvalue weighted by Crippen LogP contribution is 2.43. The van der Waals surface area contributed by atoms with Gasteiger partial charge in [0.05, 0.1) is 11.9 Å². The minimum atomic E-state index is 0.803. The van der Waals surface area contributed by atoms with Crippen LogP contribution in [0.25, 0.3) is 0 Å². The molecule has 4 heteroatoms. The van der Waals surface area contributed by atoms with Gasteiger partial charge in [0.1, 0.15) is 0 Å². The van der Waals surface area contributed by atoms with Crippen molar-refractivity contribution in [3.63, 3.8) is 0 Å². The zero-order valence-electron chi connectivity index (χ0n) is 7.05. The summed E-state index contributed by atoms with van der Waals surface area (Å²) in [6, 6.07) is 0. The molecule has 12 heavy (non-hydrogen) atoms. The van der Waals surface area contributed by atoms with Crippen LogP contribution in [0.3, 0.4) is 0 Å². The fourth-order valence-corrected chi connectivity index (χ4v) is 4.80. The van der Waals surface area contributed by atoms with Crippen LogP contribution in [-0.2, 0) is 4.74 Å². The number of thiophene rings is 1. The monoisotopic (exact) mass is 218 g/mol. The molecule has 1 aliphatic rings. The lowest BCUT2D eigenvalue weighted by Gasteiger charge is -1.96. The van der Waals surface area contributed by atoms with Gasteiger partial charge in [-0.1, -0.05) is 23.5 Å². The van der Waals surface area contributed by atoms with E-state index in [-0.39, 0.29) is 0 Å². The zero-order valence-corrected chi connectivity index (χ0v) is 9.50. The summed E-state index contributed by atoms with van der Waals surface area (Å²) in [6.07, 6.45) is 0. The number of hydrogen-bond donors (Lipinski definition) is 0. The lowest BCUT2D eigenvalue weighted by atomic mass is 10.4. The van der Waals surface area contributed by atoms with Crippen molar-refractivity contribution in [1.29, 1.82) is 0 Å². The van der Waals surface area contributed by atoms with Crippen LogP contribution in [0.1, 0.15) is 9.75 Å². The predicted molar refractivity (Wildman–Crippen MR) is 56.3 cm³/mol. The first-order valence-corrected chi connectivity index (χ1v) is 6.51. The summed E-state index contributed by atoms with van der Waals surface area (Å²) in [5, 5.41) is 0. The molecule has 0 N–H and O–H groups in total. The Morgan fingerprint density at radius 1 is 1.00 bits per heavy atom. The van der Waals surface area contributed by atoms with E-state index < -0.39 is 0 Å². The van der Waals surface area contributed by atoms with Gasteiger partial charge in [0.15, 0.2) is 0 Å². The van der Waals surface area contributed by atoms with Crippen LogP contribution in [-0.4, -0.2) is 11.9 Å². The van der Waals surface area contributed by atoms with Crippen LogP contribution in [0.4, 0.5) is 0 Å². The minimum absolute atomic E-state index is 0.803.